The maximum Gasteiger partial charge on any atom is 0.168 e. The van der Waals surface area contributed by atoms with Crippen molar-refractivity contribution in [1.82, 2.24) is 0 Å². The fourth-order valence-corrected chi connectivity index (χ4v) is 2.01. The highest BCUT2D eigenvalue weighted by Crippen LogP contribution is 2.24. The highest BCUT2D eigenvalue weighted by Gasteiger charge is 2.18. The summed E-state index contributed by atoms with van der Waals surface area (Å²) >= 11 is 0. The summed E-state index contributed by atoms with van der Waals surface area (Å²) in [5.41, 5.74) is 6.83. The van der Waals surface area contributed by atoms with Gasteiger partial charge in [-0.1, -0.05) is 32.9 Å². The molecule has 1 rings (SSSR count). The molecule has 2 nitrogen and oxygen atoms in total. The van der Waals surface area contributed by atoms with E-state index in [4.69, 9.17) is 10.5 Å². The van der Waals surface area contributed by atoms with Crippen LogP contribution >= 0.6 is 0 Å². The molecule has 0 fully saturated rings. The third-order valence-corrected chi connectivity index (χ3v) is 2.62. The minimum Gasteiger partial charge on any atom is -0.494 e. The lowest BCUT2D eigenvalue weighted by atomic mass is 9.86. The Kier molecular flexibility index (Phi) is 4.52. The van der Waals surface area contributed by atoms with Gasteiger partial charge >= 0.3 is 0 Å². The van der Waals surface area contributed by atoms with E-state index < -0.39 is 0 Å². The average Bonchev–Trinajstić information content (AvgIpc) is 2.18. The van der Waals surface area contributed by atoms with Crippen LogP contribution in [0.3, 0.4) is 0 Å². The van der Waals surface area contributed by atoms with Crippen LogP contribution in [0.1, 0.15) is 32.8 Å². The first-order valence-electron chi connectivity index (χ1n) is 5.90. The van der Waals surface area contributed by atoms with E-state index in [0.29, 0.717) is 12.0 Å². The van der Waals surface area contributed by atoms with Crippen molar-refractivity contribution in [2.24, 2.45) is 11.1 Å². The van der Waals surface area contributed by atoms with Gasteiger partial charge in [0.15, 0.2) is 11.6 Å². The highest BCUT2D eigenvalue weighted by molar-refractivity contribution is 5.31. The van der Waals surface area contributed by atoms with Crippen LogP contribution in [0, 0.1) is 11.2 Å². The second kappa shape index (κ2) is 5.50. The van der Waals surface area contributed by atoms with Crippen LogP contribution in [0.2, 0.25) is 0 Å². The molecule has 0 amide bonds. The van der Waals surface area contributed by atoms with Crippen molar-refractivity contribution in [3.8, 4) is 5.75 Å². The van der Waals surface area contributed by atoms with Crippen LogP contribution in [0.25, 0.3) is 0 Å². The predicted molar refractivity (Wildman–Crippen MR) is 68.7 cm³/mol. The Morgan fingerprint density at radius 3 is 2.53 bits per heavy atom. The van der Waals surface area contributed by atoms with E-state index in [1.165, 1.54) is 7.11 Å². The monoisotopic (exact) mass is 239 g/mol. The maximum absolute atomic E-state index is 13.9. The molecule has 3 heteroatoms. The summed E-state index contributed by atoms with van der Waals surface area (Å²) < 4.78 is 18.8. The third-order valence-electron chi connectivity index (χ3n) is 2.62. The number of rotatable bonds is 4. The van der Waals surface area contributed by atoms with Crippen LogP contribution < -0.4 is 10.5 Å². The van der Waals surface area contributed by atoms with Crippen molar-refractivity contribution in [2.75, 3.05) is 7.11 Å². The summed E-state index contributed by atoms with van der Waals surface area (Å²) in [5.74, 6) is -0.00943. The molecule has 0 aliphatic heterocycles. The van der Waals surface area contributed by atoms with Crippen molar-refractivity contribution in [1.29, 1.82) is 0 Å². The molecular weight excluding hydrogens is 217 g/mol. The molecule has 0 aliphatic carbocycles. The summed E-state index contributed by atoms with van der Waals surface area (Å²) in [6, 6.07) is 5.15. The molecule has 1 unspecified atom stereocenters. The Morgan fingerprint density at radius 1 is 1.35 bits per heavy atom. The SMILES string of the molecule is COc1cccc(CC(N)CC(C)(C)C)c1F. The smallest absolute Gasteiger partial charge is 0.168 e. The minimum absolute atomic E-state index is 0.0309. The van der Waals surface area contributed by atoms with Gasteiger partial charge in [-0.15, -0.1) is 0 Å². The molecule has 0 heterocycles. The van der Waals surface area contributed by atoms with E-state index >= 15 is 0 Å². The lowest BCUT2D eigenvalue weighted by Crippen LogP contribution is -2.28. The van der Waals surface area contributed by atoms with E-state index in [1.54, 1.807) is 18.2 Å². The van der Waals surface area contributed by atoms with Crippen molar-refractivity contribution >= 4 is 0 Å². The van der Waals surface area contributed by atoms with Gasteiger partial charge in [0, 0.05) is 6.04 Å². The van der Waals surface area contributed by atoms with Crippen LogP contribution in [0.5, 0.6) is 5.75 Å². The van der Waals surface area contributed by atoms with Gasteiger partial charge in [0.1, 0.15) is 0 Å². The predicted octanol–water partition coefficient (Wildman–Crippen LogP) is 3.14. The number of methoxy groups -OCH3 is 1. The van der Waals surface area contributed by atoms with Crippen LogP contribution in [-0.2, 0) is 6.42 Å². The molecule has 0 aliphatic rings. The zero-order chi connectivity index (χ0) is 13.1. The summed E-state index contributed by atoms with van der Waals surface area (Å²) in [6.07, 6.45) is 1.41. The molecule has 96 valence electrons. The third kappa shape index (κ3) is 4.35. The Balaban J connectivity index is 2.75. The van der Waals surface area contributed by atoms with Crippen LogP contribution in [0.15, 0.2) is 18.2 Å². The summed E-state index contributed by atoms with van der Waals surface area (Å²) in [7, 11) is 1.47. The van der Waals surface area contributed by atoms with Gasteiger partial charge in [-0.25, -0.2) is 4.39 Å². The molecule has 0 radical (unpaired) electrons. The molecule has 0 spiro atoms. The van der Waals surface area contributed by atoms with E-state index in [-0.39, 0.29) is 23.0 Å². The maximum atomic E-state index is 13.9. The average molecular weight is 239 g/mol. The molecule has 1 aromatic rings. The van der Waals surface area contributed by atoms with Crippen molar-refractivity contribution in [2.45, 2.75) is 39.7 Å². The second-order valence-electron chi connectivity index (χ2n) is 5.66. The van der Waals surface area contributed by atoms with Gasteiger partial charge in [0.05, 0.1) is 7.11 Å². The molecule has 0 bridgehead atoms. The van der Waals surface area contributed by atoms with Crippen LogP contribution in [-0.4, -0.2) is 13.2 Å². The fraction of sp³-hybridized carbons (Fsp3) is 0.571. The van der Waals surface area contributed by atoms with Gasteiger partial charge in [-0.3, -0.25) is 0 Å². The number of halogens is 1. The van der Waals surface area contributed by atoms with Crippen molar-refractivity contribution in [3.05, 3.63) is 29.6 Å². The first kappa shape index (κ1) is 14.0. The van der Waals surface area contributed by atoms with Gasteiger partial charge in [-0.2, -0.15) is 0 Å². The molecule has 1 atom stereocenters. The van der Waals surface area contributed by atoms with Crippen molar-refractivity contribution in [3.63, 3.8) is 0 Å². The Bertz CT molecular complexity index is 371. The molecule has 17 heavy (non-hydrogen) atoms. The topological polar surface area (TPSA) is 35.2 Å². The first-order valence-corrected chi connectivity index (χ1v) is 5.90. The summed E-state index contributed by atoms with van der Waals surface area (Å²) in [5, 5.41) is 0. The quantitative estimate of drug-likeness (QED) is 0.876. The lowest BCUT2D eigenvalue weighted by molar-refractivity contribution is 0.335. The van der Waals surface area contributed by atoms with E-state index in [9.17, 15) is 4.39 Å². The zero-order valence-electron chi connectivity index (χ0n) is 11.1. The molecule has 2 N–H and O–H groups in total. The molecule has 1 aromatic carbocycles. The Morgan fingerprint density at radius 2 is 2.00 bits per heavy atom. The summed E-state index contributed by atoms with van der Waals surface area (Å²) in [4.78, 5) is 0. The number of benzene rings is 1. The van der Waals surface area contributed by atoms with Gasteiger partial charge < -0.3 is 10.5 Å². The largest absolute Gasteiger partial charge is 0.494 e. The first-order chi connectivity index (χ1) is 7.83. The highest BCUT2D eigenvalue weighted by atomic mass is 19.1. The van der Waals surface area contributed by atoms with Gasteiger partial charge in [-0.05, 0) is 29.9 Å². The van der Waals surface area contributed by atoms with Gasteiger partial charge in [0.2, 0.25) is 0 Å². The Hall–Kier alpha value is -1.09. The van der Waals surface area contributed by atoms with E-state index in [0.717, 1.165) is 6.42 Å². The lowest BCUT2D eigenvalue weighted by Gasteiger charge is -2.23. The molecular formula is C14H22FNO. The number of nitrogens with two attached hydrogens (primary N) is 1. The molecule has 0 aromatic heterocycles. The second-order valence-corrected chi connectivity index (χ2v) is 5.66. The van der Waals surface area contributed by atoms with E-state index in [2.05, 4.69) is 20.8 Å². The number of hydrogen-bond donors (Lipinski definition) is 1. The molecule has 0 saturated carbocycles. The Labute approximate surface area is 103 Å². The standard InChI is InChI=1S/C14H22FNO/c1-14(2,3)9-11(16)8-10-6-5-7-12(17-4)13(10)15/h5-7,11H,8-9,16H2,1-4H3. The number of ether oxygens (including phenoxy) is 1. The van der Waals surface area contributed by atoms with Crippen LogP contribution in [0.4, 0.5) is 4.39 Å². The van der Waals surface area contributed by atoms with Gasteiger partial charge in [0.25, 0.3) is 0 Å². The van der Waals surface area contributed by atoms with Crippen molar-refractivity contribution < 1.29 is 9.13 Å². The zero-order valence-corrected chi connectivity index (χ0v) is 11.1. The fourth-order valence-electron chi connectivity index (χ4n) is 2.01. The minimum atomic E-state index is -0.292. The van der Waals surface area contributed by atoms with E-state index in [1.807, 2.05) is 0 Å². The summed E-state index contributed by atoms with van der Waals surface area (Å²) in [6.45, 7) is 6.40. The molecule has 0 saturated heterocycles. The number of hydrogen-bond acceptors (Lipinski definition) is 2. The normalized spacial score (nSPS) is 13.5.